The predicted molar refractivity (Wildman–Crippen MR) is 76.7 cm³/mol. The maximum atomic E-state index is 13.1. The van der Waals surface area contributed by atoms with Crippen molar-refractivity contribution in [2.75, 3.05) is 13.1 Å². The third kappa shape index (κ3) is 3.04. The second kappa shape index (κ2) is 5.21. The Labute approximate surface area is 127 Å². The fourth-order valence-corrected chi connectivity index (χ4v) is 3.20. The van der Waals surface area contributed by atoms with E-state index in [2.05, 4.69) is 10.6 Å². The molecule has 1 aromatic rings. The molecule has 1 saturated heterocycles. The highest BCUT2D eigenvalue weighted by molar-refractivity contribution is 6.31. The maximum Gasteiger partial charge on any atom is 0.262 e. The zero-order valence-corrected chi connectivity index (χ0v) is 12.2. The first-order valence-electron chi connectivity index (χ1n) is 7.06. The Morgan fingerprint density at radius 3 is 2.67 bits per heavy atom. The molecule has 1 atom stereocenters. The molecule has 0 aromatic heterocycles. The lowest BCUT2D eigenvalue weighted by molar-refractivity contribution is -0.123. The van der Waals surface area contributed by atoms with E-state index in [-0.39, 0.29) is 11.3 Å². The highest BCUT2D eigenvalue weighted by Gasteiger charge is 2.47. The highest BCUT2D eigenvalue weighted by atomic mass is 35.5. The van der Waals surface area contributed by atoms with E-state index in [4.69, 9.17) is 11.6 Å². The number of benzene rings is 1. The second-order valence-corrected chi connectivity index (χ2v) is 6.38. The molecule has 1 aliphatic carbocycles. The van der Waals surface area contributed by atoms with Gasteiger partial charge in [0.15, 0.2) is 0 Å². The summed E-state index contributed by atoms with van der Waals surface area (Å²) in [7, 11) is 0. The molecule has 21 heavy (non-hydrogen) atoms. The number of hydrogen-bond donors (Lipinski definition) is 2. The van der Waals surface area contributed by atoms with Gasteiger partial charge in [0.05, 0.1) is 12.6 Å². The summed E-state index contributed by atoms with van der Waals surface area (Å²) < 4.78 is 26.2. The zero-order valence-electron chi connectivity index (χ0n) is 11.5. The van der Waals surface area contributed by atoms with Crippen LogP contribution in [-0.4, -0.2) is 31.0 Å². The van der Waals surface area contributed by atoms with Crippen LogP contribution in [-0.2, 0) is 10.2 Å². The SMILES string of the molecule is O=C(NCC1(c2ccccc2Cl)CC1)C1CC(F)(F)CN1. The number of rotatable bonds is 4. The van der Waals surface area contributed by atoms with Gasteiger partial charge in [-0.25, -0.2) is 8.78 Å². The molecule has 1 aromatic carbocycles. The Morgan fingerprint density at radius 1 is 1.38 bits per heavy atom. The molecule has 1 unspecified atom stereocenters. The molecule has 2 N–H and O–H groups in total. The smallest absolute Gasteiger partial charge is 0.262 e. The van der Waals surface area contributed by atoms with Crippen LogP contribution >= 0.6 is 11.6 Å². The molecule has 114 valence electrons. The standard InChI is InChI=1S/C15H17ClF2N2O/c16-11-4-2-1-3-10(11)14(5-6-14)8-20-13(21)12-7-15(17,18)9-19-12/h1-4,12,19H,5-9H2,(H,20,21). The first kappa shape index (κ1) is 14.7. The predicted octanol–water partition coefficient (Wildman–Crippen LogP) is 2.49. The van der Waals surface area contributed by atoms with Crippen molar-refractivity contribution in [1.82, 2.24) is 10.6 Å². The number of amides is 1. The number of nitrogens with one attached hydrogen (secondary N) is 2. The Hall–Kier alpha value is -1.20. The van der Waals surface area contributed by atoms with Crippen molar-refractivity contribution >= 4 is 17.5 Å². The molecular weight excluding hydrogens is 298 g/mol. The van der Waals surface area contributed by atoms with E-state index < -0.39 is 24.9 Å². The van der Waals surface area contributed by atoms with Gasteiger partial charge in [-0.2, -0.15) is 0 Å². The van der Waals surface area contributed by atoms with E-state index in [1.165, 1.54) is 0 Å². The number of carbonyl (C=O) groups is 1. The highest BCUT2D eigenvalue weighted by Crippen LogP contribution is 2.49. The summed E-state index contributed by atoms with van der Waals surface area (Å²) in [5, 5.41) is 6.05. The minimum Gasteiger partial charge on any atom is -0.354 e. The lowest BCUT2D eigenvalue weighted by Crippen LogP contribution is -2.43. The summed E-state index contributed by atoms with van der Waals surface area (Å²) in [6.45, 7) is 0.0139. The van der Waals surface area contributed by atoms with Gasteiger partial charge in [-0.05, 0) is 24.5 Å². The number of halogens is 3. The fraction of sp³-hybridized carbons (Fsp3) is 0.533. The topological polar surface area (TPSA) is 41.1 Å². The zero-order chi connectivity index (χ0) is 15.1. The average Bonchev–Trinajstić information content (AvgIpc) is 3.14. The fourth-order valence-electron chi connectivity index (χ4n) is 2.86. The molecule has 2 fully saturated rings. The van der Waals surface area contributed by atoms with E-state index in [1.54, 1.807) is 0 Å². The van der Waals surface area contributed by atoms with Crippen LogP contribution in [0.1, 0.15) is 24.8 Å². The van der Waals surface area contributed by atoms with E-state index in [0.717, 1.165) is 18.4 Å². The minimum absolute atomic E-state index is 0.130. The maximum absolute atomic E-state index is 13.1. The van der Waals surface area contributed by atoms with Crippen LogP contribution in [0.15, 0.2) is 24.3 Å². The average molecular weight is 315 g/mol. The summed E-state index contributed by atoms with van der Waals surface area (Å²) in [6.07, 6.45) is 1.47. The third-order valence-electron chi connectivity index (χ3n) is 4.33. The monoisotopic (exact) mass is 314 g/mol. The van der Waals surface area contributed by atoms with Crippen molar-refractivity contribution in [2.24, 2.45) is 0 Å². The van der Waals surface area contributed by atoms with E-state index in [9.17, 15) is 13.6 Å². The van der Waals surface area contributed by atoms with Gasteiger partial charge in [0.1, 0.15) is 0 Å². The summed E-state index contributed by atoms with van der Waals surface area (Å²) >= 11 is 6.20. The largest absolute Gasteiger partial charge is 0.354 e. The normalized spacial score (nSPS) is 25.6. The Bertz CT molecular complexity index is 560. The van der Waals surface area contributed by atoms with Gasteiger partial charge >= 0.3 is 0 Å². The van der Waals surface area contributed by atoms with Crippen molar-refractivity contribution in [2.45, 2.75) is 36.6 Å². The first-order chi connectivity index (χ1) is 9.92. The lowest BCUT2D eigenvalue weighted by Gasteiger charge is -2.19. The summed E-state index contributed by atoms with van der Waals surface area (Å²) in [6, 6.07) is 6.77. The molecule has 1 aliphatic heterocycles. The summed E-state index contributed by atoms with van der Waals surface area (Å²) in [4.78, 5) is 12.0. The van der Waals surface area contributed by atoms with Crippen LogP contribution < -0.4 is 10.6 Å². The quantitative estimate of drug-likeness (QED) is 0.896. The molecule has 1 heterocycles. The minimum atomic E-state index is -2.79. The molecule has 2 aliphatic rings. The Balaban J connectivity index is 1.61. The molecule has 1 saturated carbocycles. The van der Waals surface area contributed by atoms with Crippen molar-refractivity contribution in [1.29, 1.82) is 0 Å². The van der Waals surface area contributed by atoms with Gasteiger partial charge < -0.3 is 5.32 Å². The van der Waals surface area contributed by atoms with Gasteiger partial charge in [-0.15, -0.1) is 0 Å². The van der Waals surface area contributed by atoms with Crippen molar-refractivity contribution in [3.05, 3.63) is 34.9 Å². The van der Waals surface area contributed by atoms with Crippen LogP contribution in [0, 0.1) is 0 Å². The van der Waals surface area contributed by atoms with Crippen molar-refractivity contribution in [3.63, 3.8) is 0 Å². The molecular formula is C15H17ClF2N2O. The number of carbonyl (C=O) groups excluding carboxylic acids is 1. The third-order valence-corrected chi connectivity index (χ3v) is 4.66. The van der Waals surface area contributed by atoms with Gasteiger partial charge in [0, 0.05) is 23.4 Å². The van der Waals surface area contributed by atoms with Gasteiger partial charge in [-0.3, -0.25) is 10.1 Å². The van der Waals surface area contributed by atoms with Gasteiger partial charge in [-0.1, -0.05) is 29.8 Å². The molecule has 3 rings (SSSR count). The number of alkyl halides is 2. The Kier molecular flexibility index (Phi) is 3.66. The second-order valence-electron chi connectivity index (χ2n) is 5.97. The summed E-state index contributed by atoms with van der Waals surface area (Å²) in [5.74, 6) is -3.15. The van der Waals surface area contributed by atoms with Crippen LogP contribution in [0.4, 0.5) is 8.78 Å². The van der Waals surface area contributed by atoms with E-state index in [1.807, 2.05) is 24.3 Å². The van der Waals surface area contributed by atoms with Gasteiger partial charge in [0.2, 0.25) is 5.91 Å². The van der Waals surface area contributed by atoms with Crippen LogP contribution in [0.5, 0.6) is 0 Å². The first-order valence-corrected chi connectivity index (χ1v) is 7.44. The molecule has 0 spiro atoms. The molecule has 1 amide bonds. The van der Waals surface area contributed by atoms with Crippen molar-refractivity contribution in [3.8, 4) is 0 Å². The molecule has 0 radical (unpaired) electrons. The van der Waals surface area contributed by atoms with Gasteiger partial charge in [0.25, 0.3) is 5.92 Å². The molecule has 0 bridgehead atoms. The van der Waals surface area contributed by atoms with E-state index in [0.29, 0.717) is 11.6 Å². The number of hydrogen-bond acceptors (Lipinski definition) is 2. The summed E-state index contributed by atoms with van der Waals surface area (Å²) in [5.41, 5.74) is 0.895. The molecule has 3 nitrogen and oxygen atoms in total. The Morgan fingerprint density at radius 2 is 2.10 bits per heavy atom. The van der Waals surface area contributed by atoms with E-state index >= 15 is 0 Å². The molecule has 6 heteroatoms. The lowest BCUT2D eigenvalue weighted by atomic mass is 9.95. The van der Waals surface area contributed by atoms with Crippen LogP contribution in [0.3, 0.4) is 0 Å². The van der Waals surface area contributed by atoms with Crippen LogP contribution in [0.25, 0.3) is 0 Å². The van der Waals surface area contributed by atoms with Crippen molar-refractivity contribution < 1.29 is 13.6 Å². The van der Waals surface area contributed by atoms with Crippen LogP contribution in [0.2, 0.25) is 5.02 Å².